The van der Waals surface area contributed by atoms with Crippen molar-refractivity contribution >= 4 is 58.4 Å². The highest BCUT2D eigenvalue weighted by Crippen LogP contribution is 2.42. The normalized spacial score (nSPS) is 18.3. The second kappa shape index (κ2) is 13.1. The first-order valence-electron chi connectivity index (χ1n) is 15.4. The van der Waals surface area contributed by atoms with Crippen LogP contribution in [0.2, 0.25) is 0 Å². The number of rotatable bonds is 8. The number of hydrogen-bond acceptors (Lipinski definition) is 10. The summed E-state index contributed by atoms with van der Waals surface area (Å²) >= 11 is 0. The van der Waals surface area contributed by atoms with Crippen molar-refractivity contribution in [2.24, 2.45) is 10.9 Å². The largest absolute Gasteiger partial charge is 0.452 e. The molecule has 49 heavy (non-hydrogen) atoms. The molecule has 2 aliphatic heterocycles. The molecule has 3 aromatic carbocycles. The highest BCUT2D eigenvalue weighted by Gasteiger charge is 2.48. The minimum atomic E-state index is -1.05. The van der Waals surface area contributed by atoms with Crippen molar-refractivity contribution in [2.75, 3.05) is 18.0 Å². The number of ketones is 2. The third-order valence-corrected chi connectivity index (χ3v) is 8.33. The predicted octanol–water partition coefficient (Wildman–Crippen LogP) is 4.09. The molecule has 1 fully saturated rings. The van der Waals surface area contributed by atoms with E-state index in [-0.39, 0.29) is 54.0 Å². The Kier molecular flexibility index (Phi) is 8.74. The quantitative estimate of drug-likeness (QED) is 0.150. The second-order valence-corrected chi connectivity index (χ2v) is 11.6. The lowest BCUT2D eigenvalue weighted by atomic mass is 9.82. The number of aliphatic imine (C=N–C) groups is 1. The number of benzene rings is 3. The van der Waals surface area contributed by atoms with Crippen LogP contribution in [-0.4, -0.2) is 69.9 Å². The highest BCUT2D eigenvalue weighted by molar-refractivity contribution is 6.32. The Morgan fingerprint density at radius 1 is 0.918 bits per heavy atom. The van der Waals surface area contributed by atoms with Gasteiger partial charge in [-0.1, -0.05) is 48.5 Å². The number of Topliss-reactive ketones (excluding diaryl/α,β-unsaturated/α-hetero) is 2. The highest BCUT2D eigenvalue weighted by atomic mass is 16.5. The summed E-state index contributed by atoms with van der Waals surface area (Å²) in [7, 11) is 0. The smallest absolute Gasteiger partial charge is 0.332 e. The first kappa shape index (κ1) is 32.7. The first-order chi connectivity index (χ1) is 23.5. The first-order valence-corrected chi connectivity index (χ1v) is 15.4. The number of urea groups is 1. The van der Waals surface area contributed by atoms with Gasteiger partial charge in [0.25, 0.3) is 11.8 Å². The van der Waals surface area contributed by atoms with Gasteiger partial charge in [-0.15, -0.1) is 0 Å². The van der Waals surface area contributed by atoms with Gasteiger partial charge < -0.3 is 14.4 Å². The fraction of sp³-hybridized carbons (Fsp3) is 0.222. The lowest BCUT2D eigenvalue weighted by Gasteiger charge is -2.31. The van der Waals surface area contributed by atoms with Crippen LogP contribution in [0.15, 0.2) is 95.2 Å². The van der Waals surface area contributed by atoms with E-state index in [9.17, 15) is 33.6 Å². The average molecular weight is 663 g/mol. The zero-order valence-electron chi connectivity index (χ0n) is 26.7. The van der Waals surface area contributed by atoms with E-state index in [4.69, 9.17) is 9.47 Å². The van der Waals surface area contributed by atoms with Crippen molar-refractivity contribution in [2.45, 2.75) is 33.2 Å². The fourth-order valence-electron chi connectivity index (χ4n) is 6.05. The molecule has 2 heterocycles. The van der Waals surface area contributed by atoms with Gasteiger partial charge in [0, 0.05) is 39.4 Å². The average Bonchev–Trinajstić information content (AvgIpc) is 3.32. The number of hydrogen-bond donors (Lipinski definition) is 0. The van der Waals surface area contributed by atoms with E-state index in [2.05, 4.69) is 4.99 Å². The van der Waals surface area contributed by atoms with Crippen LogP contribution in [0, 0.1) is 5.92 Å². The number of carbonyl (C=O) groups excluding carboxylic acids is 7. The van der Waals surface area contributed by atoms with Gasteiger partial charge in [0.05, 0.1) is 17.3 Å². The number of allylic oxidation sites excluding steroid dienone is 1. The van der Waals surface area contributed by atoms with E-state index in [0.717, 1.165) is 16.7 Å². The van der Waals surface area contributed by atoms with Crippen molar-refractivity contribution in [1.82, 2.24) is 9.80 Å². The van der Waals surface area contributed by atoms with E-state index in [1.807, 2.05) is 0 Å². The maximum absolute atomic E-state index is 14.2. The Morgan fingerprint density at radius 3 is 2.22 bits per heavy atom. The van der Waals surface area contributed by atoms with E-state index in [1.54, 1.807) is 60.7 Å². The summed E-state index contributed by atoms with van der Waals surface area (Å²) in [6.07, 6.45) is -0.379. The van der Waals surface area contributed by atoms with E-state index in [0.29, 0.717) is 11.3 Å². The summed E-state index contributed by atoms with van der Waals surface area (Å²) < 4.78 is 11.2. The summed E-state index contributed by atoms with van der Waals surface area (Å²) in [4.78, 5) is 100. The van der Waals surface area contributed by atoms with Crippen molar-refractivity contribution in [3.63, 3.8) is 0 Å². The minimum Gasteiger partial charge on any atom is -0.452 e. The number of fused-ring (bicyclic) bond motifs is 2. The van der Waals surface area contributed by atoms with Gasteiger partial charge in [0.2, 0.25) is 5.91 Å². The molecule has 13 heteroatoms. The number of ether oxygens (including phenoxy) is 2. The van der Waals surface area contributed by atoms with Gasteiger partial charge in [-0.3, -0.25) is 33.7 Å². The molecule has 1 aliphatic carbocycles. The third-order valence-electron chi connectivity index (χ3n) is 8.33. The van der Waals surface area contributed by atoms with E-state index in [1.165, 1.54) is 36.9 Å². The van der Waals surface area contributed by atoms with Gasteiger partial charge in [0.1, 0.15) is 28.8 Å². The van der Waals surface area contributed by atoms with Crippen LogP contribution in [0.3, 0.4) is 0 Å². The Labute approximate surface area is 280 Å². The lowest BCUT2D eigenvalue weighted by Crippen LogP contribution is -2.47. The van der Waals surface area contributed by atoms with Crippen LogP contribution in [0.25, 0.3) is 0 Å². The molecular formula is C36H30N4O9. The number of nitrogens with zero attached hydrogens (tertiary/aromatic N) is 4. The summed E-state index contributed by atoms with van der Waals surface area (Å²) in [6, 6.07) is 19.7. The summed E-state index contributed by atoms with van der Waals surface area (Å²) in [5.41, 5.74) is 0.723. The van der Waals surface area contributed by atoms with Crippen LogP contribution < -0.4 is 14.4 Å². The SMILES string of the molecule is CC(=O)Oc1ccc2c(c1)OC1=C(C(=O)N(CCN3C(=O)N(c4ccccc4)C(=O)C3c3ccccc3)C(C)=O)C(=O)CC(C(C)=O)C1=N2. The maximum atomic E-state index is 14.2. The number of esters is 1. The van der Waals surface area contributed by atoms with Gasteiger partial charge in [-0.05, 0) is 36.8 Å². The molecule has 0 N–H and O–H groups in total. The Hall–Kier alpha value is -6.24. The summed E-state index contributed by atoms with van der Waals surface area (Å²) in [5.74, 6) is -5.08. The van der Waals surface area contributed by atoms with Gasteiger partial charge >= 0.3 is 12.0 Å². The molecule has 5 amide bonds. The molecule has 0 radical (unpaired) electrons. The topological polar surface area (TPSA) is 160 Å². The monoisotopic (exact) mass is 662 g/mol. The lowest BCUT2D eigenvalue weighted by molar-refractivity contribution is -0.142. The standard InChI is InChI=1S/C36H30N4O9/c1-20(41)26-19-28(44)30(33-31(26)37-27-15-14-25(48-22(3)43)18-29(27)49-33)34(45)38(21(2)42)16-17-39-32(23-10-6-4-7-11-23)35(46)40(36(39)47)24-12-8-5-9-13-24/h4-15,18,26,32H,16-17,19H2,1-3H3. The molecule has 3 aliphatic rings. The molecule has 1 saturated heterocycles. The zero-order valence-corrected chi connectivity index (χ0v) is 26.7. The molecular weight excluding hydrogens is 632 g/mol. The molecule has 3 aromatic rings. The molecule has 0 aromatic heterocycles. The predicted molar refractivity (Wildman–Crippen MR) is 174 cm³/mol. The van der Waals surface area contributed by atoms with Gasteiger partial charge in [0.15, 0.2) is 17.3 Å². The molecule has 0 bridgehead atoms. The van der Waals surface area contributed by atoms with Crippen LogP contribution in [0.4, 0.5) is 16.2 Å². The van der Waals surface area contributed by atoms with Crippen LogP contribution >= 0.6 is 0 Å². The van der Waals surface area contributed by atoms with Crippen molar-refractivity contribution < 1.29 is 43.0 Å². The second-order valence-electron chi connectivity index (χ2n) is 11.6. The van der Waals surface area contributed by atoms with E-state index >= 15 is 0 Å². The van der Waals surface area contributed by atoms with Crippen LogP contribution in [0.5, 0.6) is 11.5 Å². The summed E-state index contributed by atoms with van der Waals surface area (Å²) in [5, 5.41) is 0. The number of carbonyl (C=O) groups is 7. The Balaban J connectivity index is 1.35. The van der Waals surface area contributed by atoms with Gasteiger partial charge in [-0.2, -0.15) is 0 Å². The molecule has 6 rings (SSSR count). The van der Waals surface area contributed by atoms with Crippen LogP contribution in [0.1, 0.15) is 38.8 Å². The molecule has 2 unspecified atom stereocenters. The maximum Gasteiger partial charge on any atom is 0.332 e. The Morgan fingerprint density at radius 2 is 1.59 bits per heavy atom. The number of amides is 5. The Bertz CT molecular complexity index is 1990. The fourth-order valence-corrected chi connectivity index (χ4v) is 6.05. The molecule has 13 nitrogen and oxygen atoms in total. The molecule has 2 atom stereocenters. The van der Waals surface area contributed by atoms with Gasteiger partial charge in [-0.25, -0.2) is 14.7 Å². The number of para-hydroxylation sites is 1. The number of anilines is 1. The molecule has 248 valence electrons. The van der Waals surface area contributed by atoms with Crippen molar-refractivity contribution in [3.05, 3.63) is 95.8 Å². The molecule has 0 saturated carbocycles. The van der Waals surface area contributed by atoms with Crippen molar-refractivity contribution in [3.8, 4) is 11.5 Å². The minimum absolute atomic E-state index is 0.0506. The number of imide groups is 2. The van der Waals surface area contributed by atoms with Crippen LogP contribution in [-0.2, 0) is 28.8 Å². The van der Waals surface area contributed by atoms with Crippen molar-refractivity contribution in [1.29, 1.82) is 0 Å². The third kappa shape index (κ3) is 6.13. The van der Waals surface area contributed by atoms with E-state index < -0.39 is 53.0 Å². The molecule has 0 spiro atoms. The summed E-state index contributed by atoms with van der Waals surface area (Å²) in [6.45, 7) is 3.02. The zero-order chi connectivity index (χ0) is 35.0.